The first kappa shape index (κ1) is 26.5. The zero-order chi connectivity index (χ0) is 24.5. The van der Waals surface area contributed by atoms with Crippen molar-refractivity contribution in [2.45, 2.75) is 65.0 Å². The minimum atomic E-state index is -1.07. The summed E-state index contributed by atoms with van der Waals surface area (Å²) in [5.41, 5.74) is 2.96. The number of cyclic esters (lactones) is 1. The van der Waals surface area contributed by atoms with Gasteiger partial charge in [0.05, 0.1) is 18.6 Å². The number of aromatic hydroxyl groups is 1. The Morgan fingerprint density at radius 1 is 1.06 bits per heavy atom. The molecule has 7 nitrogen and oxygen atoms in total. The summed E-state index contributed by atoms with van der Waals surface area (Å²) in [7, 11) is 1.44. The van der Waals surface area contributed by atoms with Gasteiger partial charge < -0.3 is 24.8 Å². The van der Waals surface area contributed by atoms with Gasteiger partial charge in [0.25, 0.3) is 0 Å². The van der Waals surface area contributed by atoms with Crippen LogP contribution in [0.4, 0.5) is 0 Å². The molecular weight excluding hydrogens is 424 g/mol. The minimum Gasteiger partial charge on any atom is -0.508 e. The Hall–Kier alpha value is -2.74. The van der Waals surface area contributed by atoms with Gasteiger partial charge >= 0.3 is 5.97 Å². The molecule has 0 saturated heterocycles. The third-order valence-corrected chi connectivity index (χ3v) is 5.59. The van der Waals surface area contributed by atoms with E-state index >= 15 is 0 Å². The van der Waals surface area contributed by atoms with E-state index < -0.39 is 30.2 Å². The van der Waals surface area contributed by atoms with Gasteiger partial charge in [-0.3, -0.25) is 9.59 Å². The Morgan fingerprint density at radius 3 is 2.45 bits per heavy atom. The molecular formula is C26H34O7. The maximum atomic E-state index is 12.6. The number of esters is 1. The minimum absolute atomic E-state index is 0.0227. The number of ketones is 1. The van der Waals surface area contributed by atoms with E-state index in [1.165, 1.54) is 13.2 Å². The van der Waals surface area contributed by atoms with Crippen LogP contribution in [0.25, 0.3) is 0 Å². The van der Waals surface area contributed by atoms with E-state index in [0.29, 0.717) is 17.6 Å². The molecule has 1 aliphatic rings. The zero-order valence-corrected chi connectivity index (χ0v) is 19.7. The van der Waals surface area contributed by atoms with Crippen molar-refractivity contribution in [3.8, 4) is 5.75 Å². The van der Waals surface area contributed by atoms with E-state index in [1.807, 2.05) is 19.1 Å². The van der Waals surface area contributed by atoms with Crippen LogP contribution in [0.15, 0.2) is 53.6 Å². The molecule has 0 saturated carbocycles. The highest BCUT2D eigenvalue weighted by molar-refractivity contribution is 5.85. The summed E-state index contributed by atoms with van der Waals surface area (Å²) < 4.78 is 10.6. The first-order chi connectivity index (χ1) is 15.6. The van der Waals surface area contributed by atoms with Crippen LogP contribution >= 0.6 is 0 Å². The second kappa shape index (κ2) is 12.5. The SMILES string of the molecule is CO[C@H]1C=CC=C(C)Cc2cc(O)cc(c2)COC(=O)C[C@H](O)C(C)=C[C@H](C)[C@@H](O)CC1=O. The number of methoxy groups -OCH3 is 1. The molecule has 1 aromatic rings. The Balaban J connectivity index is 2.33. The summed E-state index contributed by atoms with van der Waals surface area (Å²) in [4.78, 5) is 24.8. The maximum absolute atomic E-state index is 12.6. The standard InChI is InChI=1S/C26H34O7/c1-16-6-5-7-25(32-4)24(30)13-22(28)17(2)9-18(3)23(29)14-26(31)33-15-20-10-19(8-16)11-21(27)12-20/h5-7,9-12,17,22-23,25,27-29H,8,13-15H2,1-4H3/t17-,22-,23-,25-/m0/s1. The van der Waals surface area contributed by atoms with Gasteiger partial charge in [-0.2, -0.15) is 0 Å². The number of phenolic OH excluding ortho intramolecular Hbond substituents is 1. The normalized spacial score (nSPS) is 26.2. The van der Waals surface area contributed by atoms with Crippen LogP contribution in [0, 0.1) is 5.92 Å². The van der Waals surface area contributed by atoms with Crippen molar-refractivity contribution in [3.05, 3.63) is 64.8 Å². The highest BCUT2D eigenvalue weighted by Crippen LogP contribution is 2.21. The molecule has 180 valence electrons. The lowest BCUT2D eigenvalue weighted by atomic mass is 9.94. The van der Waals surface area contributed by atoms with Crippen molar-refractivity contribution in [2.24, 2.45) is 5.92 Å². The van der Waals surface area contributed by atoms with Crippen LogP contribution in [-0.2, 0) is 32.1 Å². The van der Waals surface area contributed by atoms with Crippen molar-refractivity contribution in [1.82, 2.24) is 0 Å². The number of carbonyl (C=O) groups is 2. The second-order valence-corrected chi connectivity index (χ2v) is 8.63. The number of ether oxygens (including phenoxy) is 2. The number of hydrogen-bond donors (Lipinski definition) is 3. The van der Waals surface area contributed by atoms with Gasteiger partial charge in [-0.15, -0.1) is 0 Å². The smallest absolute Gasteiger partial charge is 0.309 e. The lowest BCUT2D eigenvalue weighted by Crippen LogP contribution is -2.28. The average Bonchev–Trinajstić information content (AvgIpc) is 2.74. The van der Waals surface area contributed by atoms with Crippen molar-refractivity contribution in [3.63, 3.8) is 0 Å². The molecule has 0 fully saturated rings. The van der Waals surface area contributed by atoms with E-state index in [9.17, 15) is 24.9 Å². The van der Waals surface area contributed by atoms with Crippen molar-refractivity contribution < 1.29 is 34.4 Å². The molecule has 1 heterocycles. The molecule has 1 aliphatic heterocycles. The highest BCUT2D eigenvalue weighted by atomic mass is 16.5. The van der Waals surface area contributed by atoms with Gasteiger partial charge in [-0.25, -0.2) is 0 Å². The van der Waals surface area contributed by atoms with E-state index in [1.54, 1.807) is 38.1 Å². The zero-order valence-electron chi connectivity index (χ0n) is 19.7. The first-order valence-electron chi connectivity index (χ1n) is 11.0. The van der Waals surface area contributed by atoms with E-state index in [4.69, 9.17) is 9.47 Å². The molecule has 2 rings (SSSR count). The van der Waals surface area contributed by atoms with Crippen LogP contribution in [0.1, 0.15) is 44.7 Å². The number of Topliss-reactive ketones (excluding diaryl/α,β-unsaturated/α-hetero) is 1. The molecule has 4 atom stereocenters. The summed E-state index contributed by atoms with van der Waals surface area (Å²) in [5, 5.41) is 30.9. The Labute approximate surface area is 195 Å². The molecule has 2 bridgehead atoms. The first-order valence-corrected chi connectivity index (χ1v) is 11.0. The van der Waals surface area contributed by atoms with Gasteiger partial charge in [0.15, 0.2) is 5.78 Å². The lowest BCUT2D eigenvalue weighted by molar-refractivity contribution is -0.146. The summed E-state index contributed by atoms with van der Waals surface area (Å²) in [5.74, 6) is -1.19. The van der Waals surface area contributed by atoms with E-state index in [2.05, 4.69) is 0 Å². The van der Waals surface area contributed by atoms with Crippen LogP contribution in [0.3, 0.4) is 0 Å². The average molecular weight is 459 g/mol. The predicted octanol–water partition coefficient (Wildman–Crippen LogP) is 3.16. The molecule has 0 unspecified atom stereocenters. The summed E-state index contributed by atoms with van der Waals surface area (Å²) in [6.07, 6.45) is 4.25. The molecule has 0 aromatic heterocycles. The Kier molecular flexibility index (Phi) is 10.0. The number of allylic oxidation sites excluding steroid dienone is 3. The van der Waals surface area contributed by atoms with Crippen molar-refractivity contribution in [1.29, 1.82) is 0 Å². The van der Waals surface area contributed by atoms with Gasteiger partial charge in [0.1, 0.15) is 18.5 Å². The van der Waals surface area contributed by atoms with Gasteiger partial charge in [0.2, 0.25) is 0 Å². The third kappa shape index (κ3) is 8.61. The van der Waals surface area contributed by atoms with E-state index in [0.717, 1.165) is 11.1 Å². The van der Waals surface area contributed by atoms with E-state index in [-0.39, 0.29) is 31.0 Å². The number of hydrogen-bond acceptors (Lipinski definition) is 7. The van der Waals surface area contributed by atoms with Crippen molar-refractivity contribution in [2.75, 3.05) is 7.11 Å². The fourth-order valence-electron chi connectivity index (χ4n) is 3.63. The fourth-order valence-corrected chi connectivity index (χ4v) is 3.63. The molecule has 7 heteroatoms. The van der Waals surface area contributed by atoms with Crippen molar-refractivity contribution >= 4 is 11.8 Å². The fraction of sp³-hybridized carbons (Fsp3) is 0.462. The lowest BCUT2D eigenvalue weighted by Gasteiger charge is -2.19. The molecule has 1 aromatic carbocycles. The van der Waals surface area contributed by atoms with Crippen LogP contribution in [0.5, 0.6) is 5.75 Å². The number of benzene rings is 1. The van der Waals surface area contributed by atoms with Gasteiger partial charge in [-0.1, -0.05) is 36.8 Å². The van der Waals surface area contributed by atoms with Crippen LogP contribution < -0.4 is 0 Å². The second-order valence-electron chi connectivity index (χ2n) is 8.63. The largest absolute Gasteiger partial charge is 0.508 e. The topological polar surface area (TPSA) is 113 Å². The number of aliphatic hydroxyl groups excluding tert-OH is 2. The number of fused-ring (bicyclic) bond motifs is 2. The number of aliphatic hydroxyl groups is 2. The van der Waals surface area contributed by atoms with Crippen LogP contribution in [-0.4, -0.2) is 52.5 Å². The third-order valence-electron chi connectivity index (χ3n) is 5.59. The molecule has 33 heavy (non-hydrogen) atoms. The Morgan fingerprint density at radius 2 is 1.76 bits per heavy atom. The number of carbonyl (C=O) groups excluding carboxylic acids is 2. The monoisotopic (exact) mass is 458 g/mol. The van der Waals surface area contributed by atoms with Gasteiger partial charge in [0, 0.05) is 19.4 Å². The maximum Gasteiger partial charge on any atom is 0.309 e. The Bertz CT molecular complexity index is 929. The molecule has 3 N–H and O–H groups in total. The molecule has 0 radical (unpaired) electrons. The number of phenols is 1. The predicted molar refractivity (Wildman–Crippen MR) is 124 cm³/mol. The summed E-state index contributed by atoms with van der Waals surface area (Å²) in [6.45, 7) is 5.30. The highest BCUT2D eigenvalue weighted by Gasteiger charge is 2.23. The quantitative estimate of drug-likeness (QED) is 0.438. The number of rotatable bonds is 1. The summed E-state index contributed by atoms with van der Waals surface area (Å²) >= 11 is 0. The van der Waals surface area contributed by atoms with Gasteiger partial charge in [-0.05, 0) is 55.2 Å². The molecule has 0 spiro atoms. The molecule has 0 amide bonds. The summed E-state index contributed by atoms with van der Waals surface area (Å²) in [6, 6.07) is 5.01. The van der Waals surface area contributed by atoms with Crippen LogP contribution in [0.2, 0.25) is 0 Å². The molecule has 0 aliphatic carbocycles.